The van der Waals surface area contributed by atoms with Gasteiger partial charge in [-0.15, -0.1) is 0 Å². The Morgan fingerprint density at radius 3 is 2.65 bits per heavy atom. The molecular weight excluding hydrogens is 396 g/mol. The van der Waals surface area contributed by atoms with Crippen molar-refractivity contribution in [1.29, 1.82) is 0 Å². The maximum Gasteiger partial charge on any atom is 0.354 e. The first kappa shape index (κ1) is 19.0. The number of carbonyl (C=O) groups is 3. The highest BCUT2D eigenvalue weighted by Crippen LogP contribution is 2.44. The van der Waals surface area contributed by atoms with Crippen LogP contribution >= 0.6 is 0 Å². The number of likely N-dealkylation sites (N-methyl/N-ethyl adjacent to an activating group) is 1. The van der Waals surface area contributed by atoms with Crippen LogP contribution in [0.4, 0.5) is 5.69 Å². The number of fused-ring (bicyclic) bond motifs is 3. The van der Waals surface area contributed by atoms with Gasteiger partial charge in [-0.1, -0.05) is 30.3 Å². The van der Waals surface area contributed by atoms with Gasteiger partial charge in [0.2, 0.25) is 11.6 Å². The van der Waals surface area contributed by atoms with E-state index in [2.05, 4.69) is 5.10 Å². The second kappa shape index (κ2) is 7.09. The second-order valence-corrected chi connectivity index (χ2v) is 7.63. The van der Waals surface area contributed by atoms with Gasteiger partial charge in [0.05, 0.1) is 23.1 Å². The highest BCUT2D eigenvalue weighted by molar-refractivity contribution is 6.15. The lowest BCUT2D eigenvalue weighted by Crippen LogP contribution is -2.67. The van der Waals surface area contributed by atoms with Crippen molar-refractivity contribution in [2.45, 2.75) is 25.1 Å². The van der Waals surface area contributed by atoms with Gasteiger partial charge in [0.25, 0.3) is 5.91 Å². The van der Waals surface area contributed by atoms with Crippen molar-refractivity contribution in [1.82, 2.24) is 14.7 Å². The standard InChI is InChI=1S/C23H20N4O4/c1-25-21(29)18-9-5-6-10-19(18)27-20(28)11-12-23(25,27)22(30)31-15-16-13-24-26(14-16)17-7-3-2-4-8-17/h2-10,13-14H,11-12,15H2,1H3/t23-/m1/s1. The number of hydrogen-bond donors (Lipinski definition) is 0. The maximum absolute atomic E-state index is 13.3. The minimum atomic E-state index is -1.47. The Labute approximate surface area is 178 Å². The molecule has 1 aromatic heterocycles. The molecule has 2 aliphatic heterocycles. The van der Waals surface area contributed by atoms with E-state index >= 15 is 0 Å². The predicted molar refractivity (Wildman–Crippen MR) is 111 cm³/mol. The molecule has 5 rings (SSSR count). The van der Waals surface area contributed by atoms with Gasteiger partial charge in [0, 0.05) is 31.6 Å². The maximum atomic E-state index is 13.3. The van der Waals surface area contributed by atoms with Crippen LogP contribution in [0, 0.1) is 0 Å². The molecule has 2 aliphatic rings. The zero-order valence-corrected chi connectivity index (χ0v) is 16.9. The summed E-state index contributed by atoms with van der Waals surface area (Å²) in [5.41, 5.74) is 0.961. The van der Waals surface area contributed by atoms with Crippen molar-refractivity contribution >= 4 is 23.5 Å². The van der Waals surface area contributed by atoms with Crippen LogP contribution in [0.2, 0.25) is 0 Å². The van der Waals surface area contributed by atoms with E-state index in [1.165, 1.54) is 9.80 Å². The van der Waals surface area contributed by atoms with Crippen LogP contribution < -0.4 is 4.90 Å². The van der Waals surface area contributed by atoms with E-state index in [0.29, 0.717) is 16.8 Å². The van der Waals surface area contributed by atoms with Crippen LogP contribution in [-0.2, 0) is 20.9 Å². The molecule has 0 N–H and O–H groups in total. The number of para-hydroxylation sites is 2. The van der Waals surface area contributed by atoms with Gasteiger partial charge in [-0.3, -0.25) is 14.5 Å². The van der Waals surface area contributed by atoms with Crippen LogP contribution in [-0.4, -0.2) is 45.2 Å². The summed E-state index contributed by atoms with van der Waals surface area (Å²) < 4.78 is 7.32. The Morgan fingerprint density at radius 1 is 1.10 bits per heavy atom. The summed E-state index contributed by atoms with van der Waals surface area (Å²) in [6, 6.07) is 16.4. The predicted octanol–water partition coefficient (Wildman–Crippen LogP) is 2.52. The van der Waals surface area contributed by atoms with Crippen LogP contribution in [0.5, 0.6) is 0 Å². The molecule has 0 spiro atoms. The van der Waals surface area contributed by atoms with Gasteiger partial charge in [0.15, 0.2) is 0 Å². The normalized spacial score (nSPS) is 19.9. The van der Waals surface area contributed by atoms with Crippen molar-refractivity contribution in [3.63, 3.8) is 0 Å². The summed E-state index contributed by atoms with van der Waals surface area (Å²) in [6.45, 7) is -0.0148. The topological polar surface area (TPSA) is 84.7 Å². The molecule has 8 nitrogen and oxygen atoms in total. The quantitative estimate of drug-likeness (QED) is 0.610. The molecule has 1 atom stereocenters. The van der Waals surface area contributed by atoms with Crippen LogP contribution in [0.25, 0.3) is 5.69 Å². The van der Waals surface area contributed by atoms with Crippen molar-refractivity contribution < 1.29 is 19.1 Å². The summed E-state index contributed by atoms with van der Waals surface area (Å²) in [5, 5.41) is 4.31. The lowest BCUT2D eigenvalue weighted by molar-refractivity contribution is -0.157. The Hall–Kier alpha value is -3.94. The number of esters is 1. The lowest BCUT2D eigenvalue weighted by Gasteiger charge is -2.46. The van der Waals surface area contributed by atoms with E-state index in [9.17, 15) is 14.4 Å². The number of rotatable bonds is 4. The summed E-state index contributed by atoms with van der Waals surface area (Å²) >= 11 is 0. The molecule has 1 saturated heterocycles. The number of ether oxygens (including phenoxy) is 1. The molecule has 3 aromatic rings. The fourth-order valence-electron chi connectivity index (χ4n) is 4.31. The lowest BCUT2D eigenvalue weighted by atomic mass is 9.97. The second-order valence-electron chi connectivity index (χ2n) is 7.63. The van der Waals surface area contributed by atoms with Gasteiger partial charge < -0.3 is 9.64 Å². The molecule has 31 heavy (non-hydrogen) atoms. The Kier molecular flexibility index (Phi) is 4.35. The first-order valence-corrected chi connectivity index (χ1v) is 9.99. The Balaban J connectivity index is 1.42. The number of hydrogen-bond acceptors (Lipinski definition) is 5. The third kappa shape index (κ3) is 2.83. The van der Waals surface area contributed by atoms with E-state index < -0.39 is 11.6 Å². The van der Waals surface area contributed by atoms with Crippen LogP contribution in [0.1, 0.15) is 28.8 Å². The van der Waals surface area contributed by atoms with Gasteiger partial charge in [-0.2, -0.15) is 5.10 Å². The minimum Gasteiger partial charge on any atom is -0.458 e. The fourth-order valence-corrected chi connectivity index (χ4v) is 4.31. The molecule has 0 saturated carbocycles. The van der Waals surface area contributed by atoms with Crippen molar-refractivity contribution in [2.24, 2.45) is 0 Å². The third-order valence-electron chi connectivity index (χ3n) is 5.90. The summed E-state index contributed by atoms with van der Waals surface area (Å²) in [4.78, 5) is 41.8. The fraction of sp³-hybridized carbons (Fsp3) is 0.217. The molecule has 2 aromatic carbocycles. The van der Waals surface area contributed by atoms with Gasteiger partial charge >= 0.3 is 5.97 Å². The van der Waals surface area contributed by atoms with Gasteiger partial charge in [-0.25, -0.2) is 9.48 Å². The molecule has 0 aliphatic carbocycles. The number of carbonyl (C=O) groups excluding carboxylic acids is 3. The molecule has 8 heteroatoms. The van der Waals surface area contributed by atoms with E-state index in [0.717, 1.165) is 5.69 Å². The van der Waals surface area contributed by atoms with Crippen molar-refractivity contribution in [2.75, 3.05) is 11.9 Å². The molecule has 3 heterocycles. The van der Waals surface area contributed by atoms with E-state index in [4.69, 9.17) is 4.74 Å². The summed E-state index contributed by atoms with van der Waals surface area (Å²) in [6.07, 6.45) is 3.75. The Bertz CT molecular complexity index is 1190. The highest BCUT2D eigenvalue weighted by Gasteiger charge is 2.60. The number of amides is 2. The zero-order valence-electron chi connectivity index (χ0n) is 16.9. The van der Waals surface area contributed by atoms with Crippen LogP contribution in [0.15, 0.2) is 67.0 Å². The molecular formula is C23H20N4O4. The third-order valence-corrected chi connectivity index (χ3v) is 5.90. The number of benzene rings is 2. The average molecular weight is 416 g/mol. The number of aromatic nitrogens is 2. The molecule has 0 unspecified atom stereocenters. The molecule has 2 amide bonds. The van der Waals surface area contributed by atoms with E-state index in [-0.39, 0.29) is 31.3 Å². The van der Waals surface area contributed by atoms with Gasteiger partial charge in [-0.05, 0) is 24.3 Å². The smallest absolute Gasteiger partial charge is 0.354 e. The van der Waals surface area contributed by atoms with Crippen molar-refractivity contribution in [3.05, 3.63) is 78.1 Å². The summed E-state index contributed by atoms with van der Waals surface area (Å²) in [7, 11) is 1.54. The largest absolute Gasteiger partial charge is 0.458 e. The van der Waals surface area contributed by atoms with Crippen LogP contribution in [0.3, 0.4) is 0 Å². The number of anilines is 1. The van der Waals surface area contributed by atoms with E-state index in [1.807, 2.05) is 30.3 Å². The molecule has 0 bridgehead atoms. The number of nitrogens with zero attached hydrogens (tertiary/aromatic N) is 4. The monoisotopic (exact) mass is 416 g/mol. The van der Waals surface area contributed by atoms with Gasteiger partial charge in [0.1, 0.15) is 6.61 Å². The first-order valence-electron chi connectivity index (χ1n) is 9.99. The SMILES string of the molecule is CN1C(=O)c2ccccc2N2C(=O)CC[C@@]12C(=O)OCc1cnn(-c2ccccc2)c1. The summed E-state index contributed by atoms with van der Waals surface area (Å²) in [5.74, 6) is -1.15. The Morgan fingerprint density at radius 2 is 1.84 bits per heavy atom. The highest BCUT2D eigenvalue weighted by atomic mass is 16.5. The first-order chi connectivity index (χ1) is 15.0. The molecule has 1 fully saturated rings. The molecule has 0 radical (unpaired) electrons. The van der Waals surface area contributed by atoms with Crippen molar-refractivity contribution in [3.8, 4) is 5.69 Å². The zero-order chi connectivity index (χ0) is 21.6. The average Bonchev–Trinajstić information content (AvgIpc) is 3.42. The van der Waals surface area contributed by atoms with E-state index in [1.54, 1.807) is 48.4 Å². The minimum absolute atomic E-state index is 0.0148. The molecule has 156 valence electrons.